The van der Waals surface area contributed by atoms with Crippen LogP contribution in [-0.4, -0.2) is 40.1 Å². The summed E-state index contributed by atoms with van der Waals surface area (Å²) in [5, 5.41) is 0.536. The highest BCUT2D eigenvalue weighted by Crippen LogP contribution is 2.18. The van der Waals surface area contributed by atoms with E-state index in [9.17, 15) is 9.59 Å². The summed E-state index contributed by atoms with van der Waals surface area (Å²) in [6, 6.07) is 17.3. The zero-order chi connectivity index (χ0) is 20.1. The molecule has 6 heteroatoms. The van der Waals surface area contributed by atoms with Crippen LogP contribution in [0.15, 0.2) is 65.7 Å². The molecule has 1 saturated heterocycles. The average Bonchev–Trinajstić information content (AvgIpc) is 2.77. The van der Waals surface area contributed by atoms with Crippen molar-refractivity contribution < 1.29 is 9.53 Å². The van der Waals surface area contributed by atoms with Crippen LogP contribution in [0.3, 0.4) is 0 Å². The van der Waals surface area contributed by atoms with Crippen molar-refractivity contribution in [2.75, 3.05) is 19.7 Å². The van der Waals surface area contributed by atoms with Crippen LogP contribution >= 0.6 is 0 Å². The molecule has 0 bridgehead atoms. The summed E-state index contributed by atoms with van der Waals surface area (Å²) >= 11 is 0. The van der Waals surface area contributed by atoms with Gasteiger partial charge in [-0.05, 0) is 36.5 Å². The molecule has 2 heterocycles. The minimum absolute atomic E-state index is 0.0221. The van der Waals surface area contributed by atoms with Gasteiger partial charge in [-0.1, -0.05) is 42.5 Å². The van der Waals surface area contributed by atoms with E-state index < -0.39 is 0 Å². The van der Waals surface area contributed by atoms with Crippen molar-refractivity contribution in [2.24, 2.45) is 5.92 Å². The maximum absolute atomic E-state index is 12.8. The quantitative estimate of drug-likeness (QED) is 0.648. The van der Waals surface area contributed by atoms with Gasteiger partial charge in [0.2, 0.25) is 5.91 Å². The number of likely N-dealkylation sites (tertiary alicyclic amines) is 1. The first-order valence-corrected chi connectivity index (χ1v) is 10.0. The van der Waals surface area contributed by atoms with Crippen molar-refractivity contribution >= 4 is 16.8 Å². The van der Waals surface area contributed by atoms with Crippen LogP contribution in [0.25, 0.3) is 10.9 Å². The first-order chi connectivity index (χ1) is 14.2. The molecule has 0 N–H and O–H groups in total. The Balaban J connectivity index is 1.34. The average molecular weight is 391 g/mol. The molecule has 1 aromatic heterocycles. The van der Waals surface area contributed by atoms with Crippen molar-refractivity contribution in [2.45, 2.75) is 26.0 Å². The molecule has 0 radical (unpaired) electrons. The molecular formula is C23H25N3O3. The zero-order valence-electron chi connectivity index (χ0n) is 16.4. The van der Waals surface area contributed by atoms with Crippen LogP contribution in [0.2, 0.25) is 0 Å². The van der Waals surface area contributed by atoms with Gasteiger partial charge in [0.25, 0.3) is 5.56 Å². The number of fused-ring (bicyclic) bond motifs is 1. The molecule has 3 aromatic rings. The summed E-state index contributed by atoms with van der Waals surface area (Å²) in [7, 11) is 0. The first-order valence-electron chi connectivity index (χ1n) is 10.0. The molecule has 1 atom stereocenters. The van der Waals surface area contributed by atoms with Gasteiger partial charge in [0.1, 0.15) is 6.54 Å². The van der Waals surface area contributed by atoms with Gasteiger partial charge in [-0.15, -0.1) is 0 Å². The topological polar surface area (TPSA) is 64.4 Å². The maximum Gasteiger partial charge on any atom is 0.261 e. The van der Waals surface area contributed by atoms with Crippen molar-refractivity contribution in [3.63, 3.8) is 0 Å². The molecule has 2 aromatic carbocycles. The molecule has 29 heavy (non-hydrogen) atoms. The Morgan fingerprint density at radius 3 is 2.76 bits per heavy atom. The van der Waals surface area contributed by atoms with E-state index >= 15 is 0 Å². The third-order valence-electron chi connectivity index (χ3n) is 5.37. The van der Waals surface area contributed by atoms with Gasteiger partial charge in [0.15, 0.2) is 0 Å². The minimum atomic E-state index is -0.177. The summed E-state index contributed by atoms with van der Waals surface area (Å²) in [4.78, 5) is 31.6. The van der Waals surface area contributed by atoms with E-state index in [1.165, 1.54) is 10.9 Å². The van der Waals surface area contributed by atoms with Crippen LogP contribution in [0.4, 0.5) is 0 Å². The highest BCUT2D eigenvalue weighted by molar-refractivity contribution is 5.79. The molecule has 0 aliphatic carbocycles. The van der Waals surface area contributed by atoms with E-state index in [4.69, 9.17) is 4.74 Å². The lowest BCUT2D eigenvalue weighted by Gasteiger charge is -2.32. The lowest BCUT2D eigenvalue weighted by molar-refractivity contribution is -0.134. The number of carbonyl (C=O) groups is 1. The monoisotopic (exact) mass is 391 g/mol. The number of ether oxygens (including phenoxy) is 1. The number of carbonyl (C=O) groups excluding carboxylic acids is 1. The zero-order valence-corrected chi connectivity index (χ0v) is 16.4. The Morgan fingerprint density at radius 1 is 1.10 bits per heavy atom. The molecule has 150 valence electrons. The van der Waals surface area contributed by atoms with Crippen molar-refractivity contribution in [3.05, 3.63) is 76.8 Å². The van der Waals surface area contributed by atoms with E-state index in [-0.39, 0.29) is 18.0 Å². The van der Waals surface area contributed by atoms with Crippen LogP contribution in [0, 0.1) is 5.92 Å². The summed E-state index contributed by atoms with van der Waals surface area (Å²) in [6.45, 7) is 2.64. The second kappa shape index (κ2) is 9.01. The van der Waals surface area contributed by atoms with Crippen LogP contribution in [-0.2, 0) is 22.7 Å². The lowest BCUT2D eigenvalue weighted by Crippen LogP contribution is -2.43. The van der Waals surface area contributed by atoms with Gasteiger partial charge in [0.05, 0.1) is 30.4 Å². The molecule has 1 amide bonds. The van der Waals surface area contributed by atoms with Gasteiger partial charge in [-0.25, -0.2) is 4.98 Å². The van der Waals surface area contributed by atoms with Gasteiger partial charge in [-0.2, -0.15) is 0 Å². The number of aromatic nitrogens is 2. The number of hydrogen-bond acceptors (Lipinski definition) is 4. The highest BCUT2D eigenvalue weighted by Gasteiger charge is 2.24. The molecule has 1 unspecified atom stereocenters. The van der Waals surface area contributed by atoms with Gasteiger partial charge in [0, 0.05) is 13.1 Å². The van der Waals surface area contributed by atoms with Crippen LogP contribution in [0.5, 0.6) is 0 Å². The number of hydrogen-bond donors (Lipinski definition) is 0. The molecule has 1 fully saturated rings. The van der Waals surface area contributed by atoms with E-state index in [2.05, 4.69) is 4.98 Å². The second-order valence-corrected chi connectivity index (χ2v) is 7.54. The predicted molar refractivity (Wildman–Crippen MR) is 111 cm³/mol. The third kappa shape index (κ3) is 4.71. The number of amides is 1. The molecule has 1 aliphatic rings. The number of benzene rings is 2. The van der Waals surface area contributed by atoms with Crippen LogP contribution in [0.1, 0.15) is 18.4 Å². The fraction of sp³-hybridized carbons (Fsp3) is 0.348. The van der Waals surface area contributed by atoms with Crippen molar-refractivity contribution in [1.82, 2.24) is 14.5 Å². The molecule has 0 spiro atoms. The Hall–Kier alpha value is -2.99. The van der Waals surface area contributed by atoms with Gasteiger partial charge in [-0.3, -0.25) is 14.2 Å². The fourth-order valence-corrected chi connectivity index (χ4v) is 3.81. The first kappa shape index (κ1) is 19.3. The fourth-order valence-electron chi connectivity index (χ4n) is 3.81. The van der Waals surface area contributed by atoms with E-state index in [1.807, 2.05) is 47.4 Å². The number of piperidine rings is 1. The second-order valence-electron chi connectivity index (χ2n) is 7.54. The van der Waals surface area contributed by atoms with Gasteiger partial charge < -0.3 is 9.64 Å². The van der Waals surface area contributed by atoms with Crippen molar-refractivity contribution in [1.29, 1.82) is 0 Å². The summed E-state index contributed by atoms with van der Waals surface area (Å²) in [6.07, 6.45) is 3.47. The summed E-state index contributed by atoms with van der Waals surface area (Å²) in [5.74, 6) is 0.278. The Kier molecular flexibility index (Phi) is 6.00. The van der Waals surface area contributed by atoms with E-state index in [0.717, 1.165) is 24.9 Å². The minimum Gasteiger partial charge on any atom is -0.376 e. The molecule has 6 nitrogen and oxygen atoms in total. The molecular weight excluding hydrogens is 366 g/mol. The SMILES string of the molecule is O=C(Cn1cnc2ccccc2c1=O)N1CCCC(COCc2ccccc2)C1. The molecule has 4 rings (SSSR count). The Morgan fingerprint density at radius 2 is 1.90 bits per heavy atom. The predicted octanol–water partition coefficient (Wildman–Crippen LogP) is 2.85. The molecule has 0 saturated carbocycles. The van der Waals surface area contributed by atoms with E-state index in [1.54, 1.807) is 12.1 Å². The molecule has 1 aliphatic heterocycles. The van der Waals surface area contributed by atoms with E-state index in [0.29, 0.717) is 36.6 Å². The lowest BCUT2D eigenvalue weighted by atomic mass is 9.99. The Bertz CT molecular complexity index is 1030. The standard InChI is InChI=1S/C23H25N3O3/c27-22(14-26-17-24-21-11-5-4-10-20(21)23(26)28)25-12-6-9-19(13-25)16-29-15-18-7-2-1-3-8-18/h1-5,7-8,10-11,17,19H,6,9,12-16H2. The third-order valence-corrected chi connectivity index (χ3v) is 5.37. The number of nitrogens with zero attached hydrogens (tertiary/aromatic N) is 3. The van der Waals surface area contributed by atoms with Crippen LogP contribution < -0.4 is 5.56 Å². The summed E-state index contributed by atoms with van der Waals surface area (Å²) in [5.41, 5.74) is 1.62. The smallest absolute Gasteiger partial charge is 0.261 e. The number of rotatable bonds is 6. The largest absolute Gasteiger partial charge is 0.376 e. The normalized spacial score (nSPS) is 16.8. The van der Waals surface area contributed by atoms with Gasteiger partial charge >= 0.3 is 0 Å². The Labute approximate surface area is 169 Å². The maximum atomic E-state index is 12.8. The highest BCUT2D eigenvalue weighted by atomic mass is 16.5. The number of para-hydroxylation sites is 1. The summed E-state index contributed by atoms with van der Waals surface area (Å²) < 4.78 is 7.27. The van der Waals surface area contributed by atoms with Crippen molar-refractivity contribution in [3.8, 4) is 0 Å².